The van der Waals surface area contributed by atoms with Gasteiger partial charge in [-0.25, -0.2) is 4.98 Å². The van der Waals surface area contributed by atoms with E-state index in [-0.39, 0.29) is 0 Å². The largest absolute Gasteiger partial charge is 0.247 e. The van der Waals surface area contributed by atoms with Crippen LogP contribution in [0.15, 0.2) is 48.7 Å². The molecule has 0 bridgehead atoms. The van der Waals surface area contributed by atoms with E-state index in [0.717, 1.165) is 16.8 Å². The maximum atomic E-state index is 4.34. The molecule has 0 fully saturated rings. The van der Waals surface area contributed by atoms with Crippen molar-refractivity contribution in [3.05, 3.63) is 65.5 Å². The summed E-state index contributed by atoms with van der Waals surface area (Å²) in [6.45, 7) is 6.67. The summed E-state index contributed by atoms with van der Waals surface area (Å²) in [4.78, 5) is 4.34. The van der Waals surface area contributed by atoms with Gasteiger partial charge in [0.2, 0.25) is 0 Å². The van der Waals surface area contributed by atoms with Crippen molar-refractivity contribution in [2.24, 2.45) is 0 Å². The first-order chi connectivity index (χ1) is 9.53. The molecule has 1 aromatic carbocycles. The lowest BCUT2D eigenvalue weighted by Crippen LogP contribution is -2.16. The molecule has 20 heavy (non-hydrogen) atoms. The standard InChI is InChI=1S/C18H17NSi/c1-20(2,3)14-13-18-12-11-17(15-19-18)10-9-16-7-5-4-6-8-16/h4-8,11-12,15H,1-3H3. The van der Waals surface area contributed by atoms with E-state index in [9.17, 15) is 0 Å². The SMILES string of the molecule is C[Si](C)(C)C#Cc1ccc(C#Cc2ccccc2)cn1. The highest BCUT2D eigenvalue weighted by Gasteiger charge is 2.07. The number of hydrogen-bond donors (Lipinski definition) is 0. The smallest absolute Gasteiger partial charge is 0.129 e. The molecule has 98 valence electrons. The summed E-state index contributed by atoms with van der Waals surface area (Å²) in [5.74, 6) is 9.36. The second kappa shape index (κ2) is 6.24. The summed E-state index contributed by atoms with van der Waals surface area (Å²) in [5.41, 5.74) is 6.04. The molecule has 1 nitrogen and oxygen atoms in total. The van der Waals surface area contributed by atoms with Crippen molar-refractivity contribution in [3.8, 4) is 23.3 Å². The van der Waals surface area contributed by atoms with E-state index in [1.165, 1.54) is 0 Å². The first-order valence-electron chi connectivity index (χ1n) is 6.59. The molecule has 0 N–H and O–H groups in total. The average molecular weight is 275 g/mol. The van der Waals surface area contributed by atoms with Crippen molar-refractivity contribution in [2.45, 2.75) is 19.6 Å². The van der Waals surface area contributed by atoms with Crippen molar-refractivity contribution in [3.63, 3.8) is 0 Å². The number of nitrogens with zero attached hydrogens (tertiary/aromatic N) is 1. The van der Waals surface area contributed by atoms with E-state index in [1.54, 1.807) is 6.20 Å². The molecule has 0 atom stereocenters. The van der Waals surface area contributed by atoms with Crippen LogP contribution in [0.2, 0.25) is 19.6 Å². The normalized spacial score (nSPS) is 9.95. The zero-order valence-corrected chi connectivity index (χ0v) is 13.1. The molecular weight excluding hydrogens is 258 g/mol. The molecule has 0 amide bonds. The topological polar surface area (TPSA) is 12.9 Å². The average Bonchev–Trinajstić information content (AvgIpc) is 2.44. The van der Waals surface area contributed by atoms with E-state index in [4.69, 9.17) is 0 Å². The molecular formula is C18H17NSi. The molecule has 0 aliphatic carbocycles. The fourth-order valence-electron chi connectivity index (χ4n) is 1.46. The van der Waals surface area contributed by atoms with Crippen molar-refractivity contribution < 1.29 is 0 Å². The molecule has 0 saturated carbocycles. The molecule has 0 spiro atoms. The first-order valence-corrected chi connectivity index (χ1v) is 10.1. The van der Waals surface area contributed by atoms with Gasteiger partial charge in [-0.1, -0.05) is 55.6 Å². The Morgan fingerprint density at radius 1 is 0.800 bits per heavy atom. The zero-order chi connectivity index (χ0) is 14.4. The lowest BCUT2D eigenvalue weighted by Gasteiger charge is -2.02. The van der Waals surface area contributed by atoms with Crippen LogP contribution in [-0.4, -0.2) is 13.1 Å². The summed E-state index contributed by atoms with van der Waals surface area (Å²) < 4.78 is 0. The first kappa shape index (κ1) is 14.1. The fraction of sp³-hybridized carbons (Fsp3) is 0.167. The Labute approximate surface area is 122 Å². The quantitative estimate of drug-likeness (QED) is 0.527. The van der Waals surface area contributed by atoms with Gasteiger partial charge < -0.3 is 0 Å². The van der Waals surface area contributed by atoms with Gasteiger partial charge in [0.1, 0.15) is 13.8 Å². The number of hydrogen-bond acceptors (Lipinski definition) is 1. The van der Waals surface area contributed by atoms with E-state index in [2.05, 4.69) is 47.9 Å². The van der Waals surface area contributed by atoms with Gasteiger partial charge in [-0.05, 0) is 24.3 Å². The Morgan fingerprint density at radius 3 is 2.10 bits per heavy atom. The summed E-state index contributed by atoms with van der Waals surface area (Å²) in [5, 5.41) is 0. The summed E-state index contributed by atoms with van der Waals surface area (Å²) in [7, 11) is -1.34. The Morgan fingerprint density at radius 2 is 1.50 bits per heavy atom. The minimum atomic E-state index is -1.34. The Balaban J connectivity index is 2.13. The minimum absolute atomic E-state index is 0.817. The summed E-state index contributed by atoms with van der Waals surface area (Å²) in [6, 6.07) is 13.8. The van der Waals surface area contributed by atoms with Gasteiger partial charge in [0.25, 0.3) is 0 Å². The molecule has 0 saturated heterocycles. The highest BCUT2D eigenvalue weighted by atomic mass is 28.3. The van der Waals surface area contributed by atoms with Crippen LogP contribution in [0.3, 0.4) is 0 Å². The van der Waals surface area contributed by atoms with Crippen molar-refractivity contribution in [2.75, 3.05) is 0 Å². The van der Waals surface area contributed by atoms with Gasteiger partial charge in [-0.2, -0.15) is 0 Å². The van der Waals surface area contributed by atoms with E-state index >= 15 is 0 Å². The lowest BCUT2D eigenvalue weighted by molar-refractivity contribution is 1.27. The Hall–Kier alpha value is -2.29. The van der Waals surface area contributed by atoms with E-state index in [0.29, 0.717) is 0 Å². The fourth-order valence-corrected chi connectivity index (χ4v) is 1.96. The number of pyridine rings is 1. The van der Waals surface area contributed by atoms with Crippen LogP contribution < -0.4 is 0 Å². The molecule has 0 unspecified atom stereocenters. The van der Waals surface area contributed by atoms with Crippen LogP contribution in [0, 0.1) is 23.3 Å². The molecule has 0 radical (unpaired) electrons. The van der Waals surface area contributed by atoms with Crippen LogP contribution >= 0.6 is 0 Å². The number of benzene rings is 1. The molecule has 2 aromatic rings. The number of aromatic nitrogens is 1. The maximum absolute atomic E-state index is 4.34. The Bertz CT molecular complexity index is 687. The predicted octanol–water partition coefficient (Wildman–Crippen LogP) is 3.71. The third-order valence-corrected chi connectivity index (χ3v) is 3.33. The van der Waals surface area contributed by atoms with Gasteiger partial charge in [-0.3, -0.25) is 0 Å². The van der Waals surface area contributed by atoms with Gasteiger partial charge in [0, 0.05) is 17.3 Å². The predicted molar refractivity (Wildman–Crippen MR) is 86.9 cm³/mol. The third-order valence-electron chi connectivity index (χ3n) is 2.45. The molecule has 1 aromatic heterocycles. The van der Waals surface area contributed by atoms with E-state index < -0.39 is 8.07 Å². The van der Waals surface area contributed by atoms with Crippen LogP contribution in [-0.2, 0) is 0 Å². The molecule has 2 rings (SSSR count). The second-order valence-corrected chi connectivity index (χ2v) is 10.3. The monoisotopic (exact) mass is 275 g/mol. The summed E-state index contributed by atoms with van der Waals surface area (Å²) >= 11 is 0. The second-order valence-electron chi connectivity index (χ2n) is 5.55. The molecule has 0 aliphatic rings. The molecule has 0 aliphatic heterocycles. The highest BCUT2D eigenvalue weighted by molar-refractivity contribution is 6.83. The molecule has 1 heterocycles. The molecule has 2 heteroatoms. The van der Waals surface area contributed by atoms with Gasteiger partial charge in [-0.15, -0.1) is 5.54 Å². The lowest BCUT2D eigenvalue weighted by atomic mass is 10.2. The Kier molecular flexibility index (Phi) is 4.40. The highest BCUT2D eigenvalue weighted by Crippen LogP contribution is 2.01. The van der Waals surface area contributed by atoms with Gasteiger partial charge in [0.15, 0.2) is 0 Å². The zero-order valence-electron chi connectivity index (χ0n) is 12.1. The van der Waals surface area contributed by atoms with Crippen LogP contribution in [0.5, 0.6) is 0 Å². The maximum Gasteiger partial charge on any atom is 0.129 e. The van der Waals surface area contributed by atoms with Crippen molar-refractivity contribution >= 4 is 8.07 Å². The van der Waals surface area contributed by atoms with Gasteiger partial charge >= 0.3 is 0 Å². The van der Waals surface area contributed by atoms with Crippen LogP contribution in [0.4, 0.5) is 0 Å². The number of rotatable bonds is 0. The minimum Gasteiger partial charge on any atom is -0.247 e. The van der Waals surface area contributed by atoms with Crippen molar-refractivity contribution in [1.82, 2.24) is 4.98 Å². The van der Waals surface area contributed by atoms with Gasteiger partial charge in [0.05, 0.1) is 0 Å². The van der Waals surface area contributed by atoms with Crippen LogP contribution in [0.25, 0.3) is 0 Å². The van der Waals surface area contributed by atoms with Crippen LogP contribution in [0.1, 0.15) is 16.8 Å². The third kappa shape index (κ3) is 4.76. The summed E-state index contributed by atoms with van der Waals surface area (Å²) in [6.07, 6.45) is 1.78. The van der Waals surface area contributed by atoms with E-state index in [1.807, 2.05) is 42.5 Å². The van der Waals surface area contributed by atoms with Crippen molar-refractivity contribution in [1.29, 1.82) is 0 Å².